The molecule has 1 N–H and O–H groups in total. The Labute approximate surface area is 77.7 Å². The van der Waals surface area contributed by atoms with Crippen LogP contribution < -0.4 is 0 Å². The van der Waals surface area contributed by atoms with Gasteiger partial charge in [0, 0.05) is 19.6 Å². The SMILES string of the molecule is O=C(O)C12CC3CC(CN(C3)C1)C2. The van der Waals surface area contributed by atoms with Crippen molar-refractivity contribution in [3.8, 4) is 0 Å². The van der Waals surface area contributed by atoms with Crippen molar-refractivity contribution in [2.75, 3.05) is 19.6 Å². The molecule has 2 atom stereocenters. The minimum atomic E-state index is -0.549. The number of aliphatic carboxylic acids is 1. The third kappa shape index (κ3) is 0.966. The highest BCUT2D eigenvalue weighted by molar-refractivity contribution is 5.75. The van der Waals surface area contributed by atoms with Gasteiger partial charge in [-0.05, 0) is 31.1 Å². The van der Waals surface area contributed by atoms with Crippen LogP contribution in [0.2, 0.25) is 0 Å². The van der Waals surface area contributed by atoms with Crippen LogP contribution >= 0.6 is 0 Å². The predicted octanol–water partition coefficient (Wildman–Crippen LogP) is 0.803. The van der Waals surface area contributed by atoms with Gasteiger partial charge >= 0.3 is 5.97 Å². The second-order valence-corrected chi connectivity index (χ2v) is 5.16. The molecule has 0 spiro atoms. The van der Waals surface area contributed by atoms with Crippen molar-refractivity contribution in [2.45, 2.75) is 19.3 Å². The summed E-state index contributed by atoms with van der Waals surface area (Å²) in [6, 6.07) is 0. The molecule has 3 heteroatoms. The van der Waals surface area contributed by atoms with E-state index in [-0.39, 0.29) is 5.41 Å². The smallest absolute Gasteiger partial charge is 0.310 e. The molecule has 3 nitrogen and oxygen atoms in total. The van der Waals surface area contributed by atoms with E-state index in [0.29, 0.717) is 11.8 Å². The molecule has 3 heterocycles. The average Bonchev–Trinajstić information content (AvgIpc) is 2.00. The highest BCUT2D eigenvalue weighted by Crippen LogP contribution is 2.50. The summed E-state index contributed by atoms with van der Waals surface area (Å²) in [6.45, 7) is 3.13. The fourth-order valence-corrected chi connectivity index (χ4v) is 3.84. The lowest BCUT2D eigenvalue weighted by molar-refractivity contribution is -0.167. The molecule has 2 unspecified atom stereocenters. The molecule has 4 aliphatic rings. The van der Waals surface area contributed by atoms with E-state index in [1.165, 1.54) is 6.42 Å². The van der Waals surface area contributed by atoms with Gasteiger partial charge in [-0.2, -0.15) is 0 Å². The highest BCUT2D eigenvalue weighted by atomic mass is 16.4. The van der Waals surface area contributed by atoms with Crippen LogP contribution in [0.5, 0.6) is 0 Å². The zero-order valence-electron chi connectivity index (χ0n) is 7.70. The molecule has 3 aliphatic heterocycles. The molecule has 3 saturated heterocycles. The van der Waals surface area contributed by atoms with Gasteiger partial charge < -0.3 is 10.0 Å². The van der Waals surface area contributed by atoms with E-state index in [1.807, 2.05) is 0 Å². The molecule has 0 amide bonds. The Bertz CT molecular complexity index is 226. The zero-order valence-corrected chi connectivity index (χ0v) is 7.70. The molecule has 1 aliphatic carbocycles. The number of hydrogen-bond acceptors (Lipinski definition) is 2. The molecular formula is C10H15NO2. The Kier molecular flexibility index (Phi) is 1.36. The molecule has 4 bridgehead atoms. The summed E-state index contributed by atoms with van der Waals surface area (Å²) in [7, 11) is 0. The fourth-order valence-electron chi connectivity index (χ4n) is 3.84. The summed E-state index contributed by atoms with van der Waals surface area (Å²) in [5, 5.41) is 9.25. The van der Waals surface area contributed by atoms with Gasteiger partial charge in [0.2, 0.25) is 0 Å². The topological polar surface area (TPSA) is 40.5 Å². The number of hydrogen-bond donors (Lipinski definition) is 1. The van der Waals surface area contributed by atoms with Crippen LogP contribution in [0.15, 0.2) is 0 Å². The van der Waals surface area contributed by atoms with Gasteiger partial charge in [-0.15, -0.1) is 0 Å². The van der Waals surface area contributed by atoms with E-state index in [9.17, 15) is 9.90 Å². The van der Waals surface area contributed by atoms with Crippen LogP contribution in [-0.2, 0) is 4.79 Å². The van der Waals surface area contributed by atoms with Crippen molar-refractivity contribution in [2.24, 2.45) is 17.3 Å². The van der Waals surface area contributed by atoms with E-state index in [0.717, 1.165) is 32.5 Å². The molecule has 0 aromatic heterocycles. The van der Waals surface area contributed by atoms with E-state index >= 15 is 0 Å². The van der Waals surface area contributed by atoms with Crippen molar-refractivity contribution in [3.63, 3.8) is 0 Å². The quantitative estimate of drug-likeness (QED) is 0.650. The van der Waals surface area contributed by atoms with E-state index < -0.39 is 5.97 Å². The van der Waals surface area contributed by atoms with Gasteiger partial charge in [0.25, 0.3) is 0 Å². The van der Waals surface area contributed by atoms with Crippen molar-refractivity contribution in [1.29, 1.82) is 0 Å². The maximum atomic E-state index is 11.2. The van der Waals surface area contributed by atoms with Crippen molar-refractivity contribution >= 4 is 5.97 Å². The second-order valence-electron chi connectivity index (χ2n) is 5.16. The average molecular weight is 181 g/mol. The Balaban J connectivity index is 1.95. The molecular weight excluding hydrogens is 166 g/mol. The third-order valence-electron chi connectivity index (χ3n) is 4.04. The number of nitrogens with zero attached hydrogens (tertiary/aromatic N) is 1. The summed E-state index contributed by atoms with van der Waals surface area (Å²) in [5.41, 5.74) is -0.357. The predicted molar refractivity (Wildman–Crippen MR) is 47.3 cm³/mol. The lowest BCUT2D eigenvalue weighted by atomic mass is 9.59. The Morgan fingerprint density at radius 1 is 1.31 bits per heavy atom. The number of piperidine rings is 3. The van der Waals surface area contributed by atoms with E-state index in [2.05, 4.69) is 4.90 Å². The maximum Gasteiger partial charge on any atom is 0.310 e. The molecule has 1 saturated carbocycles. The van der Waals surface area contributed by atoms with Crippen LogP contribution in [0.4, 0.5) is 0 Å². The van der Waals surface area contributed by atoms with Gasteiger partial charge in [0.05, 0.1) is 5.41 Å². The molecule has 72 valence electrons. The molecule has 4 rings (SSSR count). The Hall–Kier alpha value is -0.570. The van der Waals surface area contributed by atoms with Gasteiger partial charge in [-0.1, -0.05) is 0 Å². The van der Waals surface area contributed by atoms with Gasteiger partial charge in [0.15, 0.2) is 0 Å². The first-order valence-corrected chi connectivity index (χ1v) is 5.14. The Morgan fingerprint density at radius 2 is 1.92 bits per heavy atom. The van der Waals surface area contributed by atoms with Gasteiger partial charge in [0.1, 0.15) is 0 Å². The lowest BCUT2D eigenvalue weighted by Gasteiger charge is -2.56. The summed E-state index contributed by atoms with van der Waals surface area (Å²) in [5.74, 6) is 0.807. The zero-order chi connectivity index (χ0) is 9.05. The summed E-state index contributed by atoms with van der Waals surface area (Å²) >= 11 is 0. The van der Waals surface area contributed by atoms with E-state index in [4.69, 9.17) is 0 Å². The molecule has 13 heavy (non-hydrogen) atoms. The molecule has 0 radical (unpaired) electrons. The van der Waals surface area contributed by atoms with Crippen molar-refractivity contribution in [3.05, 3.63) is 0 Å². The monoisotopic (exact) mass is 181 g/mol. The van der Waals surface area contributed by atoms with Crippen molar-refractivity contribution in [1.82, 2.24) is 4.90 Å². The minimum Gasteiger partial charge on any atom is -0.481 e. The number of rotatable bonds is 1. The second kappa shape index (κ2) is 2.27. The first-order chi connectivity index (χ1) is 6.18. The number of carbonyl (C=O) groups is 1. The van der Waals surface area contributed by atoms with Crippen LogP contribution in [-0.4, -0.2) is 35.6 Å². The van der Waals surface area contributed by atoms with E-state index in [1.54, 1.807) is 0 Å². The summed E-state index contributed by atoms with van der Waals surface area (Å²) < 4.78 is 0. The van der Waals surface area contributed by atoms with Gasteiger partial charge in [-0.3, -0.25) is 4.79 Å². The molecule has 0 aromatic rings. The highest BCUT2D eigenvalue weighted by Gasteiger charge is 2.54. The van der Waals surface area contributed by atoms with Crippen LogP contribution in [0.25, 0.3) is 0 Å². The first kappa shape index (κ1) is 7.80. The minimum absolute atomic E-state index is 0.357. The fraction of sp³-hybridized carbons (Fsp3) is 0.900. The standard InChI is InChI=1S/C10H15NO2/c12-9(13)10-2-7-1-8(3-10)5-11(4-7)6-10/h7-8H,1-6H2,(H,12,13). The summed E-state index contributed by atoms with van der Waals surface area (Å²) in [6.07, 6.45) is 3.16. The van der Waals surface area contributed by atoms with Crippen LogP contribution in [0, 0.1) is 17.3 Å². The van der Waals surface area contributed by atoms with Crippen LogP contribution in [0.3, 0.4) is 0 Å². The number of carboxylic acid groups (broad SMARTS) is 1. The molecule has 4 fully saturated rings. The largest absolute Gasteiger partial charge is 0.481 e. The maximum absolute atomic E-state index is 11.2. The van der Waals surface area contributed by atoms with Crippen LogP contribution in [0.1, 0.15) is 19.3 Å². The molecule has 0 aromatic carbocycles. The van der Waals surface area contributed by atoms with Gasteiger partial charge in [-0.25, -0.2) is 0 Å². The Morgan fingerprint density at radius 3 is 2.38 bits per heavy atom. The third-order valence-corrected chi connectivity index (χ3v) is 4.04. The lowest BCUT2D eigenvalue weighted by Crippen LogP contribution is -2.61. The number of carboxylic acids is 1. The first-order valence-electron chi connectivity index (χ1n) is 5.14. The van der Waals surface area contributed by atoms with Crippen molar-refractivity contribution < 1.29 is 9.90 Å². The normalized spacial score (nSPS) is 52.5. The summed E-state index contributed by atoms with van der Waals surface area (Å²) in [4.78, 5) is 13.6.